The highest BCUT2D eigenvalue weighted by Crippen LogP contribution is 2.13. The van der Waals surface area contributed by atoms with E-state index in [0.29, 0.717) is 5.95 Å². The number of carbonyl (C=O) groups excluding carboxylic acids is 1. The summed E-state index contributed by atoms with van der Waals surface area (Å²) in [4.78, 5) is 18.8. The molecule has 0 saturated carbocycles. The molecule has 1 aromatic heterocycles. The Bertz CT molecular complexity index is 341. The predicted molar refractivity (Wildman–Crippen MR) is 57.5 cm³/mol. The summed E-state index contributed by atoms with van der Waals surface area (Å²) in [6.45, 7) is 3.76. The van der Waals surface area contributed by atoms with Gasteiger partial charge in [-0.15, -0.1) is 0 Å². The van der Waals surface area contributed by atoms with Crippen molar-refractivity contribution >= 4 is 11.9 Å². The summed E-state index contributed by atoms with van der Waals surface area (Å²) in [5.41, 5.74) is 0.954. The van der Waals surface area contributed by atoms with Crippen molar-refractivity contribution < 1.29 is 4.79 Å². The van der Waals surface area contributed by atoms with Crippen LogP contribution in [0.25, 0.3) is 0 Å². The summed E-state index contributed by atoms with van der Waals surface area (Å²) < 4.78 is 0. The lowest BCUT2D eigenvalue weighted by Crippen LogP contribution is -2.34. The number of aryl methyl sites for hydroxylation is 1. The third kappa shape index (κ3) is 2.56. The molecule has 5 heteroatoms. The topological polar surface area (TPSA) is 69.8 Å². The largest absolute Gasteiger partial charge is 0.328 e. The number of hydrogen-bond acceptors (Lipinski definition) is 3. The molecule has 0 aromatic carbocycles. The molecule has 1 aliphatic rings. The van der Waals surface area contributed by atoms with E-state index in [1.165, 1.54) is 0 Å². The molecule has 1 fully saturated rings. The van der Waals surface area contributed by atoms with E-state index in [1.807, 2.05) is 6.92 Å². The van der Waals surface area contributed by atoms with Crippen LogP contribution in [-0.4, -0.2) is 29.0 Å². The van der Waals surface area contributed by atoms with Gasteiger partial charge < -0.3 is 10.3 Å². The molecule has 0 bridgehead atoms. The summed E-state index contributed by atoms with van der Waals surface area (Å²) in [7, 11) is 0. The van der Waals surface area contributed by atoms with Crippen molar-refractivity contribution in [2.75, 3.05) is 18.4 Å². The normalized spacial score (nSPS) is 17.7. The fourth-order valence-corrected chi connectivity index (χ4v) is 1.78. The predicted octanol–water partition coefficient (Wildman–Crippen LogP) is 0.656. The minimum atomic E-state index is 0.0749. The highest BCUT2D eigenvalue weighted by molar-refractivity contribution is 5.91. The van der Waals surface area contributed by atoms with Gasteiger partial charge in [-0.2, -0.15) is 0 Å². The number of piperidine rings is 1. The Morgan fingerprint density at radius 2 is 2.27 bits per heavy atom. The molecule has 15 heavy (non-hydrogen) atoms. The quantitative estimate of drug-likeness (QED) is 0.668. The monoisotopic (exact) mass is 208 g/mol. The number of nitrogens with one attached hydrogen (secondary N) is 3. The van der Waals surface area contributed by atoms with Crippen molar-refractivity contribution in [3.8, 4) is 0 Å². The fraction of sp³-hybridized carbons (Fsp3) is 0.600. The number of H-pyrrole nitrogens is 1. The number of amides is 1. The average molecular weight is 208 g/mol. The van der Waals surface area contributed by atoms with Crippen molar-refractivity contribution in [3.05, 3.63) is 11.9 Å². The number of aromatic amines is 1. The molecule has 1 aliphatic heterocycles. The smallest absolute Gasteiger partial charge is 0.229 e. The lowest BCUT2D eigenvalue weighted by molar-refractivity contribution is -0.120. The lowest BCUT2D eigenvalue weighted by atomic mass is 9.97. The maximum atomic E-state index is 11.8. The first kappa shape index (κ1) is 10.2. The summed E-state index contributed by atoms with van der Waals surface area (Å²) in [5, 5.41) is 6.03. The highest BCUT2D eigenvalue weighted by atomic mass is 16.2. The van der Waals surface area contributed by atoms with Gasteiger partial charge in [0.25, 0.3) is 0 Å². The van der Waals surface area contributed by atoms with Crippen LogP contribution in [-0.2, 0) is 4.79 Å². The van der Waals surface area contributed by atoms with Crippen LogP contribution < -0.4 is 10.6 Å². The Morgan fingerprint density at radius 1 is 1.53 bits per heavy atom. The zero-order valence-corrected chi connectivity index (χ0v) is 8.84. The summed E-state index contributed by atoms with van der Waals surface area (Å²) in [6, 6.07) is 0. The van der Waals surface area contributed by atoms with Gasteiger partial charge in [0.15, 0.2) is 0 Å². The Morgan fingerprint density at radius 3 is 2.87 bits per heavy atom. The third-order valence-corrected chi connectivity index (χ3v) is 2.65. The zero-order valence-electron chi connectivity index (χ0n) is 8.84. The molecule has 0 unspecified atom stereocenters. The van der Waals surface area contributed by atoms with E-state index in [4.69, 9.17) is 0 Å². The van der Waals surface area contributed by atoms with Crippen molar-refractivity contribution in [2.24, 2.45) is 5.92 Å². The number of anilines is 1. The van der Waals surface area contributed by atoms with Crippen LogP contribution in [0.3, 0.4) is 0 Å². The molecule has 1 aromatic rings. The van der Waals surface area contributed by atoms with E-state index in [0.717, 1.165) is 31.6 Å². The van der Waals surface area contributed by atoms with Gasteiger partial charge in [-0.3, -0.25) is 10.1 Å². The number of aromatic nitrogens is 2. The number of nitrogens with zero attached hydrogens (tertiary/aromatic N) is 1. The molecule has 5 nitrogen and oxygen atoms in total. The molecule has 2 rings (SSSR count). The van der Waals surface area contributed by atoms with Crippen molar-refractivity contribution in [2.45, 2.75) is 19.8 Å². The number of imidazole rings is 1. The second-order valence-corrected chi connectivity index (χ2v) is 3.93. The summed E-state index contributed by atoms with van der Waals surface area (Å²) in [5.74, 6) is 0.749. The molecule has 0 radical (unpaired) electrons. The number of carbonyl (C=O) groups is 1. The molecule has 1 saturated heterocycles. The average Bonchev–Trinajstić information content (AvgIpc) is 2.65. The van der Waals surface area contributed by atoms with E-state index in [2.05, 4.69) is 20.6 Å². The van der Waals surface area contributed by atoms with Crippen LogP contribution >= 0.6 is 0 Å². The lowest BCUT2D eigenvalue weighted by Gasteiger charge is -2.21. The third-order valence-electron chi connectivity index (χ3n) is 2.65. The first-order valence-electron chi connectivity index (χ1n) is 5.29. The second-order valence-electron chi connectivity index (χ2n) is 3.93. The minimum absolute atomic E-state index is 0.0749. The Balaban J connectivity index is 1.91. The van der Waals surface area contributed by atoms with Crippen LogP contribution in [0.4, 0.5) is 5.95 Å². The van der Waals surface area contributed by atoms with Gasteiger partial charge in [0, 0.05) is 17.8 Å². The van der Waals surface area contributed by atoms with Gasteiger partial charge in [-0.05, 0) is 32.9 Å². The van der Waals surface area contributed by atoms with Gasteiger partial charge in [-0.25, -0.2) is 4.98 Å². The van der Waals surface area contributed by atoms with Gasteiger partial charge >= 0.3 is 0 Å². The van der Waals surface area contributed by atoms with Gasteiger partial charge in [0.05, 0.1) is 0 Å². The zero-order chi connectivity index (χ0) is 10.7. The molecule has 0 aliphatic carbocycles. The van der Waals surface area contributed by atoms with Gasteiger partial charge in [-0.1, -0.05) is 0 Å². The van der Waals surface area contributed by atoms with Crippen molar-refractivity contribution in [3.63, 3.8) is 0 Å². The van der Waals surface area contributed by atoms with Gasteiger partial charge in [0.1, 0.15) is 0 Å². The number of hydrogen-bond donors (Lipinski definition) is 3. The first-order valence-corrected chi connectivity index (χ1v) is 5.29. The molecular weight excluding hydrogens is 192 g/mol. The number of rotatable bonds is 2. The van der Waals surface area contributed by atoms with Gasteiger partial charge in [0.2, 0.25) is 11.9 Å². The maximum absolute atomic E-state index is 11.8. The van der Waals surface area contributed by atoms with E-state index in [1.54, 1.807) is 6.20 Å². The van der Waals surface area contributed by atoms with Crippen LogP contribution in [0.5, 0.6) is 0 Å². The second kappa shape index (κ2) is 4.44. The van der Waals surface area contributed by atoms with E-state index >= 15 is 0 Å². The SMILES string of the molecule is Cc1cnc(NC(=O)C2CCNCC2)[nH]1. The molecule has 2 heterocycles. The molecule has 0 atom stereocenters. The molecule has 82 valence electrons. The van der Waals surface area contributed by atoms with E-state index in [9.17, 15) is 4.79 Å². The van der Waals surface area contributed by atoms with E-state index < -0.39 is 0 Å². The minimum Gasteiger partial charge on any atom is -0.328 e. The molecule has 3 N–H and O–H groups in total. The van der Waals surface area contributed by atoms with Crippen molar-refractivity contribution in [1.29, 1.82) is 0 Å². The Kier molecular flexibility index (Phi) is 3.01. The van der Waals surface area contributed by atoms with Crippen LogP contribution in [0.15, 0.2) is 6.20 Å². The fourth-order valence-electron chi connectivity index (χ4n) is 1.78. The van der Waals surface area contributed by atoms with Crippen LogP contribution in [0, 0.1) is 12.8 Å². The summed E-state index contributed by atoms with van der Waals surface area (Å²) in [6.07, 6.45) is 3.52. The summed E-state index contributed by atoms with van der Waals surface area (Å²) >= 11 is 0. The maximum Gasteiger partial charge on any atom is 0.229 e. The molecular formula is C10H16N4O. The van der Waals surface area contributed by atoms with Crippen LogP contribution in [0.1, 0.15) is 18.5 Å². The standard InChI is InChI=1S/C10H16N4O/c1-7-6-12-10(13-7)14-9(15)8-2-4-11-5-3-8/h6,8,11H,2-5H2,1H3,(H2,12,13,14,15). The van der Waals surface area contributed by atoms with E-state index in [-0.39, 0.29) is 11.8 Å². The molecule has 0 spiro atoms. The van der Waals surface area contributed by atoms with Crippen LogP contribution in [0.2, 0.25) is 0 Å². The molecule has 1 amide bonds. The highest BCUT2D eigenvalue weighted by Gasteiger charge is 2.21. The Hall–Kier alpha value is -1.36. The Labute approximate surface area is 88.7 Å². The first-order chi connectivity index (χ1) is 7.25. The van der Waals surface area contributed by atoms with Crippen molar-refractivity contribution in [1.82, 2.24) is 15.3 Å².